The second-order valence-corrected chi connectivity index (χ2v) is 1.02. The molecule has 0 saturated carbocycles. The van der Waals surface area contributed by atoms with Gasteiger partial charge in [-0.3, -0.25) is 4.98 Å². The maximum absolute atomic E-state index is 3.78. The molecule has 3 heteroatoms. The van der Waals surface area contributed by atoms with Gasteiger partial charge in [0.2, 0.25) is 0 Å². The summed E-state index contributed by atoms with van der Waals surface area (Å²) in [5.74, 6) is 0. The van der Waals surface area contributed by atoms with Crippen LogP contribution >= 0.6 is 0 Å². The number of pyridine rings is 1. The molecule has 1 nitrogen and oxygen atoms in total. The smallest absolute Gasteiger partial charge is 0.0267 e. The van der Waals surface area contributed by atoms with E-state index in [9.17, 15) is 0 Å². The first-order valence-electron chi connectivity index (χ1n) is 1.85. The van der Waals surface area contributed by atoms with Crippen LogP contribution in [0.2, 0.25) is 0 Å². The van der Waals surface area contributed by atoms with E-state index in [0.29, 0.717) is 0 Å². The van der Waals surface area contributed by atoms with Gasteiger partial charge in [0.15, 0.2) is 0 Å². The van der Waals surface area contributed by atoms with E-state index in [0.717, 1.165) is 0 Å². The van der Waals surface area contributed by atoms with Gasteiger partial charge in [-0.2, -0.15) is 0 Å². The predicted molar refractivity (Wildman–Crippen MR) is 24.2 cm³/mol. The summed E-state index contributed by atoms with van der Waals surface area (Å²) in [6, 6.07) is 5.72. The van der Waals surface area contributed by atoms with Crippen LogP contribution in [0.3, 0.4) is 0 Å². The van der Waals surface area contributed by atoms with E-state index in [1.54, 1.807) is 12.4 Å². The average molecular weight is 208 g/mol. The zero-order valence-electron chi connectivity index (χ0n) is 4.34. The van der Waals surface area contributed by atoms with Crippen LogP contribution in [-0.2, 0) is 36.5 Å². The maximum atomic E-state index is 3.78. The van der Waals surface area contributed by atoms with E-state index >= 15 is 0 Å². The molecule has 1 rings (SSSR count). The van der Waals surface area contributed by atoms with Gasteiger partial charge < -0.3 is 0 Å². The first-order valence-corrected chi connectivity index (χ1v) is 1.85. The number of hydrogen-bond donors (Lipinski definition) is 0. The van der Waals surface area contributed by atoms with Gasteiger partial charge >= 0.3 is 0 Å². The Balaban J connectivity index is 0. The minimum absolute atomic E-state index is 0. The van der Waals surface area contributed by atoms with Crippen LogP contribution in [0.5, 0.6) is 0 Å². The fraction of sp³-hybridized carbons (Fsp3) is 0. The van der Waals surface area contributed by atoms with Crippen molar-refractivity contribution in [3.05, 3.63) is 30.6 Å². The summed E-state index contributed by atoms with van der Waals surface area (Å²) < 4.78 is 0. The molecule has 0 atom stereocenters. The molecule has 1 heterocycles. The van der Waals surface area contributed by atoms with Gasteiger partial charge in [0, 0.05) is 48.9 Å². The topological polar surface area (TPSA) is 12.9 Å². The molecule has 0 bridgehead atoms. The zero-order valence-corrected chi connectivity index (χ0v) is 8.25. The first kappa shape index (κ1) is 11.1. The van der Waals surface area contributed by atoms with Crippen molar-refractivity contribution in [2.24, 2.45) is 0 Å². The van der Waals surface area contributed by atoms with Crippen LogP contribution in [0.25, 0.3) is 0 Å². The molecule has 0 fully saturated rings. The molecule has 8 heavy (non-hydrogen) atoms. The molecule has 43 valence electrons. The Labute approximate surface area is 72.1 Å². The minimum Gasteiger partial charge on any atom is -0.265 e. The summed E-state index contributed by atoms with van der Waals surface area (Å²) in [7, 11) is 0. The van der Waals surface area contributed by atoms with E-state index < -0.39 is 0 Å². The fourth-order valence-electron chi connectivity index (χ4n) is 0.313. The Kier molecular flexibility index (Phi) is 10.2. The van der Waals surface area contributed by atoms with Crippen LogP contribution < -0.4 is 0 Å². The van der Waals surface area contributed by atoms with Crippen molar-refractivity contribution in [3.8, 4) is 0 Å². The third kappa shape index (κ3) is 4.45. The molecule has 0 aliphatic rings. The molecule has 0 saturated heterocycles. The Morgan fingerprint density at radius 2 is 1.38 bits per heavy atom. The van der Waals surface area contributed by atoms with Gasteiger partial charge in [-0.05, 0) is 12.1 Å². The molecule has 0 aromatic carbocycles. The Bertz CT molecular complexity index is 84.4. The third-order valence-corrected chi connectivity index (χ3v) is 0.566. The molecular formula is C5H5CuNZn. The monoisotopic (exact) mass is 206 g/mol. The van der Waals surface area contributed by atoms with E-state index in [4.69, 9.17) is 0 Å². The van der Waals surface area contributed by atoms with Crippen molar-refractivity contribution in [2.75, 3.05) is 0 Å². The fourth-order valence-corrected chi connectivity index (χ4v) is 0.313. The Morgan fingerprint density at radius 1 is 0.875 bits per heavy atom. The number of rotatable bonds is 0. The summed E-state index contributed by atoms with van der Waals surface area (Å²) in [6.07, 6.45) is 3.50. The molecule has 0 N–H and O–H groups in total. The first-order chi connectivity index (χ1) is 3.00. The average Bonchev–Trinajstić information content (AvgIpc) is 1.72. The summed E-state index contributed by atoms with van der Waals surface area (Å²) >= 11 is 0. The van der Waals surface area contributed by atoms with Crippen molar-refractivity contribution in [2.45, 2.75) is 0 Å². The summed E-state index contributed by atoms with van der Waals surface area (Å²) in [6.45, 7) is 0. The molecule has 0 aliphatic heterocycles. The van der Waals surface area contributed by atoms with Gasteiger partial charge in [0.25, 0.3) is 0 Å². The molecular weight excluding hydrogens is 203 g/mol. The maximum Gasteiger partial charge on any atom is 0.0267 e. The van der Waals surface area contributed by atoms with E-state index in [-0.39, 0.29) is 36.5 Å². The zero-order chi connectivity index (χ0) is 4.24. The van der Waals surface area contributed by atoms with E-state index in [2.05, 4.69) is 4.98 Å². The molecule has 0 unspecified atom stereocenters. The van der Waals surface area contributed by atoms with Gasteiger partial charge in [-0.25, -0.2) is 0 Å². The van der Waals surface area contributed by atoms with Crippen molar-refractivity contribution >= 4 is 0 Å². The second kappa shape index (κ2) is 7.29. The van der Waals surface area contributed by atoms with Gasteiger partial charge in [-0.15, -0.1) is 0 Å². The minimum atomic E-state index is 0. The van der Waals surface area contributed by atoms with Crippen LogP contribution in [0, 0.1) is 0 Å². The van der Waals surface area contributed by atoms with Crippen LogP contribution in [0.4, 0.5) is 0 Å². The SMILES string of the molecule is [Cu].[Zn].c1ccncc1. The van der Waals surface area contributed by atoms with Gasteiger partial charge in [0.05, 0.1) is 0 Å². The number of hydrogen-bond acceptors (Lipinski definition) is 1. The van der Waals surface area contributed by atoms with Gasteiger partial charge in [-0.1, -0.05) is 6.07 Å². The summed E-state index contributed by atoms with van der Waals surface area (Å²) in [5, 5.41) is 0. The molecule has 0 spiro atoms. The summed E-state index contributed by atoms with van der Waals surface area (Å²) in [4.78, 5) is 3.78. The Morgan fingerprint density at radius 3 is 1.50 bits per heavy atom. The third-order valence-electron chi connectivity index (χ3n) is 0.566. The van der Waals surface area contributed by atoms with Crippen LogP contribution in [-0.4, -0.2) is 4.98 Å². The number of nitrogens with zero attached hydrogens (tertiary/aromatic N) is 1. The van der Waals surface area contributed by atoms with Crippen molar-refractivity contribution in [1.82, 2.24) is 4.98 Å². The van der Waals surface area contributed by atoms with Crippen LogP contribution in [0.1, 0.15) is 0 Å². The molecule has 1 aromatic rings. The number of aromatic nitrogens is 1. The van der Waals surface area contributed by atoms with Crippen molar-refractivity contribution in [3.63, 3.8) is 0 Å². The van der Waals surface area contributed by atoms with Gasteiger partial charge in [0.1, 0.15) is 0 Å². The normalized spacial score (nSPS) is 6.00. The molecule has 1 aromatic heterocycles. The van der Waals surface area contributed by atoms with Crippen LogP contribution in [0.15, 0.2) is 30.6 Å². The molecule has 0 aliphatic carbocycles. The predicted octanol–water partition coefficient (Wildman–Crippen LogP) is 1.08. The van der Waals surface area contributed by atoms with Crippen molar-refractivity contribution < 1.29 is 36.5 Å². The standard InChI is InChI=1S/C5H5N.Cu.Zn/c1-2-4-6-5-3-1;;/h1-5H;;. The summed E-state index contributed by atoms with van der Waals surface area (Å²) in [5.41, 5.74) is 0. The largest absolute Gasteiger partial charge is 0.265 e. The van der Waals surface area contributed by atoms with E-state index in [1.807, 2.05) is 18.2 Å². The molecule has 1 radical (unpaired) electrons. The molecule has 0 amide bonds. The van der Waals surface area contributed by atoms with E-state index in [1.165, 1.54) is 0 Å². The Hall–Kier alpha value is 0.293. The van der Waals surface area contributed by atoms with Crippen molar-refractivity contribution in [1.29, 1.82) is 0 Å². The quantitative estimate of drug-likeness (QED) is 0.581. The second-order valence-electron chi connectivity index (χ2n) is 1.02.